The highest BCUT2D eigenvalue weighted by atomic mass is 32.1. The number of nitrogens with one attached hydrogen (secondary N) is 2. The summed E-state index contributed by atoms with van der Waals surface area (Å²) in [6.07, 6.45) is 0.899. The molecule has 1 rings (SSSR count). The molecule has 5 nitrogen and oxygen atoms in total. The van der Waals surface area contributed by atoms with Gasteiger partial charge >= 0.3 is 0 Å². The number of carbonyl (C=O) groups excluding carboxylic acids is 2. The predicted molar refractivity (Wildman–Crippen MR) is 70.6 cm³/mol. The minimum atomic E-state index is -0.204. The molecule has 18 heavy (non-hydrogen) atoms. The fourth-order valence-electron chi connectivity index (χ4n) is 1.36. The normalized spacial score (nSPS) is 11.9. The van der Waals surface area contributed by atoms with Crippen molar-refractivity contribution in [2.75, 3.05) is 13.2 Å². The highest BCUT2D eigenvalue weighted by Gasteiger charge is 2.10. The zero-order valence-electron chi connectivity index (χ0n) is 10.3. The second-order valence-electron chi connectivity index (χ2n) is 3.87. The Bertz CT molecular complexity index is 375. The maximum atomic E-state index is 11.5. The number of thiophene rings is 1. The van der Waals surface area contributed by atoms with Crippen LogP contribution in [0.3, 0.4) is 0 Å². The highest BCUT2D eigenvalue weighted by Crippen LogP contribution is 2.05. The van der Waals surface area contributed by atoms with Crippen LogP contribution in [0.2, 0.25) is 0 Å². The SMILES string of the molecule is CC[C@H](CO)NC(=O)CCNC(=O)c1ccsc1. The summed E-state index contributed by atoms with van der Waals surface area (Å²) in [5.74, 6) is -0.334. The quantitative estimate of drug-likeness (QED) is 0.684. The minimum absolute atomic E-state index is 0.0660. The first kappa shape index (κ1) is 14.7. The third kappa shape index (κ3) is 4.85. The third-order valence-corrected chi connectivity index (χ3v) is 3.18. The summed E-state index contributed by atoms with van der Waals surface area (Å²) in [4.78, 5) is 23.0. The van der Waals surface area contributed by atoms with E-state index in [1.807, 2.05) is 12.3 Å². The van der Waals surface area contributed by atoms with Crippen molar-refractivity contribution < 1.29 is 14.7 Å². The Morgan fingerprint density at radius 1 is 1.50 bits per heavy atom. The van der Waals surface area contributed by atoms with Gasteiger partial charge in [0.25, 0.3) is 5.91 Å². The van der Waals surface area contributed by atoms with Crippen molar-refractivity contribution in [2.24, 2.45) is 0 Å². The van der Waals surface area contributed by atoms with Gasteiger partial charge in [-0.25, -0.2) is 0 Å². The maximum absolute atomic E-state index is 11.5. The highest BCUT2D eigenvalue weighted by molar-refractivity contribution is 7.08. The molecule has 0 radical (unpaired) electrons. The fourth-order valence-corrected chi connectivity index (χ4v) is 2.00. The van der Waals surface area contributed by atoms with E-state index in [0.29, 0.717) is 18.5 Å². The Balaban J connectivity index is 2.21. The minimum Gasteiger partial charge on any atom is -0.394 e. The Labute approximate surface area is 110 Å². The van der Waals surface area contributed by atoms with Crippen LogP contribution in [-0.2, 0) is 4.79 Å². The summed E-state index contributed by atoms with van der Waals surface area (Å²) in [5, 5.41) is 17.9. The summed E-state index contributed by atoms with van der Waals surface area (Å²) < 4.78 is 0. The number of hydrogen-bond acceptors (Lipinski definition) is 4. The van der Waals surface area contributed by atoms with Crippen molar-refractivity contribution in [2.45, 2.75) is 25.8 Å². The second-order valence-corrected chi connectivity index (χ2v) is 4.65. The van der Waals surface area contributed by atoms with E-state index >= 15 is 0 Å². The molecule has 0 aliphatic carbocycles. The Hall–Kier alpha value is -1.40. The first-order valence-corrected chi connectivity index (χ1v) is 6.82. The van der Waals surface area contributed by atoms with Crippen molar-refractivity contribution in [1.29, 1.82) is 0 Å². The largest absolute Gasteiger partial charge is 0.394 e. The molecule has 0 aliphatic heterocycles. The average molecular weight is 270 g/mol. The van der Waals surface area contributed by atoms with Gasteiger partial charge in [-0.3, -0.25) is 9.59 Å². The van der Waals surface area contributed by atoms with Crippen LogP contribution in [0.1, 0.15) is 30.1 Å². The van der Waals surface area contributed by atoms with Gasteiger partial charge in [0, 0.05) is 23.9 Å². The van der Waals surface area contributed by atoms with Gasteiger partial charge in [-0.2, -0.15) is 11.3 Å². The molecule has 1 aromatic heterocycles. The molecule has 0 bridgehead atoms. The van der Waals surface area contributed by atoms with Crippen molar-refractivity contribution in [3.05, 3.63) is 22.4 Å². The Kier molecular flexibility index (Phi) is 6.38. The van der Waals surface area contributed by atoms with Crippen molar-refractivity contribution in [1.82, 2.24) is 10.6 Å². The van der Waals surface area contributed by atoms with Crippen LogP contribution in [0.5, 0.6) is 0 Å². The molecule has 0 unspecified atom stereocenters. The molecule has 0 aromatic carbocycles. The summed E-state index contributed by atoms with van der Waals surface area (Å²) in [5.41, 5.74) is 0.613. The van der Waals surface area contributed by atoms with Gasteiger partial charge in [0.05, 0.1) is 12.6 Å². The summed E-state index contributed by atoms with van der Waals surface area (Å²) >= 11 is 1.45. The van der Waals surface area contributed by atoms with Crippen LogP contribution in [0.4, 0.5) is 0 Å². The lowest BCUT2D eigenvalue weighted by molar-refractivity contribution is -0.122. The van der Waals surface area contributed by atoms with E-state index in [9.17, 15) is 9.59 Å². The number of carbonyl (C=O) groups is 2. The van der Waals surface area contributed by atoms with Crippen molar-refractivity contribution in [3.8, 4) is 0 Å². The van der Waals surface area contributed by atoms with E-state index in [0.717, 1.165) is 0 Å². The predicted octanol–water partition coefficient (Wildman–Crippen LogP) is 0.755. The number of amides is 2. The fraction of sp³-hybridized carbons (Fsp3) is 0.500. The summed E-state index contributed by atoms with van der Waals surface area (Å²) in [7, 11) is 0. The summed E-state index contributed by atoms with van der Waals surface area (Å²) in [6.45, 7) is 2.12. The van der Waals surface area contributed by atoms with E-state index < -0.39 is 0 Å². The van der Waals surface area contributed by atoms with Crippen molar-refractivity contribution in [3.63, 3.8) is 0 Å². The molecule has 0 fully saturated rings. The standard InChI is InChI=1S/C12H18N2O3S/c1-2-10(7-15)14-11(16)3-5-13-12(17)9-4-6-18-8-9/h4,6,8,10,15H,2-3,5,7H2,1H3,(H,13,17)(H,14,16)/t10-/m1/s1. The molecule has 1 aromatic rings. The van der Waals surface area contributed by atoms with E-state index in [4.69, 9.17) is 5.11 Å². The Morgan fingerprint density at radius 3 is 2.83 bits per heavy atom. The topological polar surface area (TPSA) is 78.4 Å². The average Bonchev–Trinajstić information content (AvgIpc) is 2.89. The van der Waals surface area contributed by atoms with E-state index in [2.05, 4.69) is 10.6 Å². The van der Waals surface area contributed by atoms with Gasteiger partial charge in [-0.1, -0.05) is 6.92 Å². The molecular formula is C12H18N2O3S. The molecule has 100 valence electrons. The van der Waals surface area contributed by atoms with Gasteiger partial charge in [0.15, 0.2) is 0 Å². The Morgan fingerprint density at radius 2 is 2.28 bits per heavy atom. The monoisotopic (exact) mass is 270 g/mol. The maximum Gasteiger partial charge on any atom is 0.252 e. The lowest BCUT2D eigenvalue weighted by atomic mass is 10.2. The van der Waals surface area contributed by atoms with E-state index in [1.54, 1.807) is 11.4 Å². The number of rotatable bonds is 7. The first-order chi connectivity index (χ1) is 8.67. The second kappa shape index (κ2) is 7.84. The molecule has 1 heterocycles. The number of hydrogen-bond donors (Lipinski definition) is 3. The van der Waals surface area contributed by atoms with Crippen LogP contribution in [0.15, 0.2) is 16.8 Å². The molecule has 0 saturated carbocycles. The van der Waals surface area contributed by atoms with Crippen LogP contribution < -0.4 is 10.6 Å². The molecule has 1 atom stereocenters. The first-order valence-electron chi connectivity index (χ1n) is 5.88. The van der Waals surface area contributed by atoms with E-state index in [-0.39, 0.29) is 30.9 Å². The molecule has 0 saturated heterocycles. The zero-order chi connectivity index (χ0) is 13.4. The van der Waals surface area contributed by atoms with Gasteiger partial charge in [-0.15, -0.1) is 0 Å². The molecule has 0 spiro atoms. The molecular weight excluding hydrogens is 252 g/mol. The molecule has 0 aliphatic rings. The lowest BCUT2D eigenvalue weighted by Crippen LogP contribution is -2.38. The molecule has 6 heteroatoms. The number of aliphatic hydroxyl groups excluding tert-OH is 1. The van der Waals surface area contributed by atoms with Crippen molar-refractivity contribution >= 4 is 23.2 Å². The van der Waals surface area contributed by atoms with E-state index in [1.165, 1.54) is 11.3 Å². The van der Waals surface area contributed by atoms with Gasteiger partial charge in [-0.05, 0) is 17.9 Å². The van der Waals surface area contributed by atoms with Gasteiger partial charge < -0.3 is 15.7 Å². The van der Waals surface area contributed by atoms with Crippen LogP contribution in [-0.4, -0.2) is 36.1 Å². The lowest BCUT2D eigenvalue weighted by Gasteiger charge is -2.13. The smallest absolute Gasteiger partial charge is 0.252 e. The van der Waals surface area contributed by atoms with Crippen LogP contribution >= 0.6 is 11.3 Å². The van der Waals surface area contributed by atoms with Crippen LogP contribution in [0.25, 0.3) is 0 Å². The molecule has 2 amide bonds. The third-order valence-electron chi connectivity index (χ3n) is 2.50. The van der Waals surface area contributed by atoms with Gasteiger partial charge in [0.1, 0.15) is 0 Å². The summed E-state index contributed by atoms with van der Waals surface area (Å²) in [6, 6.07) is 1.53. The van der Waals surface area contributed by atoms with Crippen LogP contribution in [0, 0.1) is 0 Å². The molecule has 3 N–H and O–H groups in total. The number of aliphatic hydroxyl groups is 1. The van der Waals surface area contributed by atoms with Gasteiger partial charge in [0.2, 0.25) is 5.91 Å². The zero-order valence-corrected chi connectivity index (χ0v) is 11.1.